The lowest BCUT2D eigenvalue weighted by Gasteiger charge is -2.03. The van der Waals surface area contributed by atoms with Gasteiger partial charge in [-0.1, -0.05) is 51.5 Å². The standard InChI is InChI=1S/C19H26O3/c1-4-6-7-8-11-14-18-19(22-18)15-12-9-10-13-17(5-2)21-16(3)20/h5,17-19H,2,4,6-8,11,14-15H2,1,3H3/t17-,18-,19+/m1/s1. The lowest BCUT2D eigenvalue weighted by atomic mass is 10.1. The Balaban J connectivity index is 2.13. The third kappa shape index (κ3) is 8.55. The number of esters is 1. The predicted octanol–water partition coefficient (Wildman–Crippen LogP) is 3.63. The molecular weight excluding hydrogens is 276 g/mol. The third-order valence-electron chi connectivity index (χ3n) is 3.46. The number of carbonyl (C=O) groups excluding carboxylic acids is 1. The van der Waals surface area contributed by atoms with Crippen molar-refractivity contribution in [3.63, 3.8) is 0 Å². The summed E-state index contributed by atoms with van der Waals surface area (Å²) in [6, 6.07) is 0. The van der Waals surface area contributed by atoms with Gasteiger partial charge in [-0.25, -0.2) is 0 Å². The van der Waals surface area contributed by atoms with E-state index in [1.165, 1.54) is 45.1 Å². The highest BCUT2D eigenvalue weighted by molar-refractivity contribution is 5.66. The van der Waals surface area contributed by atoms with E-state index in [1.807, 2.05) is 0 Å². The maximum atomic E-state index is 10.8. The van der Waals surface area contributed by atoms with Crippen molar-refractivity contribution in [3.05, 3.63) is 12.7 Å². The molecule has 120 valence electrons. The Morgan fingerprint density at radius 1 is 1.27 bits per heavy atom. The molecule has 22 heavy (non-hydrogen) atoms. The van der Waals surface area contributed by atoms with Gasteiger partial charge in [0.25, 0.3) is 0 Å². The van der Waals surface area contributed by atoms with E-state index >= 15 is 0 Å². The summed E-state index contributed by atoms with van der Waals surface area (Å²) in [6.45, 7) is 7.13. The van der Waals surface area contributed by atoms with Gasteiger partial charge in [0.15, 0.2) is 6.10 Å². The molecule has 1 aliphatic rings. The van der Waals surface area contributed by atoms with E-state index < -0.39 is 6.10 Å². The Bertz CT molecular complexity index is 472. The first kappa shape index (κ1) is 18.3. The molecule has 0 aliphatic carbocycles. The lowest BCUT2D eigenvalue weighted by Crippen LogP contribution is -2.10. The number of rotatable bonds is 9. The third-order valence-corrected chi connectivity index (χ3v) is 3.46. The molecule has 1 aliphatic heterocycles. The number of ether oxygens (including phenoxy) is 2. The first-order chi connectivity index (χ1) is 10.7. The van der Waals surface area contributed by atoms with Crippen LogP contribution in [0.2, 0.25) is 0 Å². The quantitative estimate of drug-likeness (QED) is 0.215. The van der Waals surface area contributed by atoms with Crippen molar-refractivity contribution in [1.29, 1.82) is 0 Å². The summed E-state index contributed by atoms with van der Waals surface area (Å²) in [6.07, 6.45) is 9.93. The minimum atomic E-state index is -0.583. The Morgan fingerprint density at radius 3 is 2.73 bits per heavy atom. The number of epoxide rings is 1. The average Bonchev–Trinajstić information content (AvgIpc) is 3.23. The predicted molar refractivity (Wildman–Crippen MR) is 88.0 cm³/mol. The van der Waals surface area contributed by atoms with Gasteiger partial charge in [0.2, 0.25) is 0 Å². The van der Waals surface area contributed by atoms with Gasteiger partial charge >= 0.3 is 5.97 Å². The molecule has 1 rings (SSSR count). The molecule has 0 unspecified atom stereocenters. The van der Waals surface area contributed by atoms with Gasteiger partial charge in [-0.05, 0) is 30.3 Å². The molecule has 0 amide bonds. The Labute approximate surface area is 134 Å². The fraction of sp³-hybridized carbons (Fsp3) is 0.632. The second-order valence-corrected chi connectivity index (χ2v) is 5.46. The van der Waals surface area contributed by atoms with Crippen LogP contribution in [0.5, 0.6) is 0 Å². The molecule has 1 saturated heterocycles. The van der Waals surface area contributed by atoms with Crippen LogP contribution >= 0.6 is 0 Å². The zero-order chi connectivity index (χ0) is 16.2. The number of carbonyl (C=O) groups is 1. The second-order valence-electron chi connectivity index (χ2n) is 5.46. The van der Waals surface area contributed by atoms with Crippen LogP contribution in [0, 0.1) is 23.7 Å². The highest BCUT2D eigenvalue weighted by Gasteiger charge is 2.36. The molecule has 0 aromatic rings. The van der Waals surface area contributed by atoms with Crippen LogP contribution < -0.4 is 0 Å². The summed E-state index contributed by atoms with van der Waals surface area (Å²) in [7, 11) is 0. The monoisotopic (exact) mass is 302 g/mol. The van der Waals surface area contributed by atoms with Crippen molar-refractivity contribution >= 4 is 5.97 Å². The van der Waals surface area contributed by atoms with E-state index in [0.717, 1.165) is 12.8 Å². The van der Waals surface area contributed by atoms with Crippen LogP contribution in [-0.4, -0.2) is 24.3 Å². The summed E-state index contributed by atoms with van der Waals surface area (Å²) >= 11 is 0. The van der Waals surface area contributed by atoms with Crippen LogP contribution in [0.1, 0.15) is 58.8 Å². The molecule has 1 heterocycles. The van der Waals surface area contributed by atoms with Crippen LogP contribution in [-0.2, 0) is 14.3 Å². The summed E-state index contributed by atoms with van der Waals surface area (Å²) in [5.41, 5.74) is 0. The molecule has 3 atom stereocenters. The van der Waals surface area contributed by atoms with Gasteiger partial charge in [-0.3, -0.25) is 4.79 Å². The normalized spacial score (nSPS) is 19.9. The lowest BCUT2D eigenvalue weighted by molar-refractivity contribution is -0.142. The van der Waals surface area contributed by atoms with Gasteiger partial charge < -0.3 is 9.47 Å². The highest BCUT2D eigenvalue weighted by atomic mass is 16.6. The highest BCUT2D eigenvalue weighted by Crippen LogP contribution is 2.29. The number of hydrogen-bond donors (Lipinski definition) is 0. The van der Waals surface area contributed by atoms with E-state index in [9.17, 15) is 4.79 Å². The summed E-state index contributed by atoms with van der Waals surface area (Å²) in [4.78, 5) is 10.8. The van der Waals surface area contributed by atoms with Crippen molar-refractivity contribution in [2.24, 2.45) is 0 Å². The van der Waals surface area contributed by atoms with Crippen LogP contribution in [0.25, 0.3) is 0 Å². The zero-order valence-electron chi connectivity index (χ0n) is 13.7. The summed E-state index contributed by atoms with van der Waals surface area (Å²) < 4.78 is 10.5. The minimum absolute atomic E-state index is 0.282. The van der Waals surface area contributed by atoms with E-state index in [0.29, 0.717) is 6.10 Å². The van der Waals surface area contributed by atoms with Crippen molar-refractivity contribution in [3.8, 4) is 23.7 Å². The molecule has 0 aromatic heterocycles. The maximum absolute atomic E-state index is 10.8. The molecule has 3 nitrogen and oxygen atoms in total. The number of unbranched alkanes of at least 4 members (excludes halogenated alkanes) is 4. The summed E-state index contributed by atoms with van der Waals surface area (Å²) in [5, 5.41) is 0. The van der Waals surface area contributed by atoms with E-state index in [-0.39, 0.29) is 12.1 Å². The minimum Gasteiger partial charge on any atom is -0.445 e. The van der Waals surface area contributed by atoms with Crippen LogP contribution in [0.15, 0.2) is 12.7 Å². The Morgan fingerprint density at radius 2 is 2.05 bits per heavy atom. The van der Waals surface area contributed by atoms with Gasteiger partial charge in [-0.2, -0.15) is 0 Å². The molecule has 1 fully saturated rings. The average molecular weight is 302 g/mol. The van der Waals surface area contributed by atoms with E-state index in [4.69, 9.17) is 9.47 Å². The molecule has 0 spiro atoms. The van der Waals surface area contributed by atoms with Gasteiger partial charge in [0.1, 0.15) is 0 Å². The van der Waals surface area contributed by atoms with Gasteiger partial charge in [0, 0.05) is 13.3 Å². The Hall–Kier alpha value is -1.71. The maximum Gasteiger partial charge on any atom is 0.304 e. The molecule has 3 heteroatoms. The van der Waals surface area contributed by atoms with Crippen molar-refractivity contribution in [2.45, 2.75) is 77.1 Å². The first-order valence-corrected chi connectivity index (χ1v) is 8.11. The SMILES string of the molecule is C=C[C@H](C#CC#CC[C@@H]1O[C@@H]1CCCCCCC)OC(C)=O. The molecule has 0 aromatic carbocycles. The zero-order valence-corrected chi connectivity index (χ0v) is 13.7. The van der Waals surface area contributed by atoms with Crippen molar-refractivity contribution in [2.75, 3.05) is 0 Å². The van der Waals surface area contributed by atoms with Crippen molar-refractivity contribution in [1.82, 2.24) is 0 Å². The van der Waals surface area contributed by atoms with Gasteiger partial charge in [0.05, 0.1) is 12.2 Å². The fourth-order valence-electron chi connectivity index (χ4n) is 2.18. The molecular formula is C19H26O3. The first-order valence-electron chi connectivity index (χ1n) is 8.11. The number of hydrogen-bond acceptors (Lipinski definition) is 3. The molecule has 0 radical (unpaired) electrons. The van der Waals surface area contributed by atoms with E-state index in [2.05, 4.69) is 37.2 Å². The molecule has 0 bridgehead atoms. The van der Waals surface area contributed by atoms with Crippen LogP contribution in [0.4, 0.5) is 0 Å². The molecule has 0 saturated carbocycles. The Kier molecular flexibility index (Phi) is 9.12. The fourth-order valence-corrected chi connectivity index (χ4v) is 2.18. The molecule has 0 N–H and O–H groups in total. The largest absolute Gasteiger partial charge is 0.445 e. The second kappa shape index (κ2) is 10.9. The summed E-state index contributed by atoms with van der Waals surface area (Å²) in [5.74, 6) is 10.8. The van der Waals surface area contributed by atoms with Crippen molar-refractivity contribution < 1.29 is 14.3 Å². The van der Waals surface area contributed by atoms with Gasteiger partial charge in [-0.15, -0.1) is 0 Å². The van der Waals surface area contributed by atoms with E-state index in [1.54, 1.807) is 0 Å². The van der Waals surface area contributed by atoms with Crippen LogP contribution in [0.3, 0.4) is 0 Å². The topological polar surface area (TPSA) is 38.8 Å². The smallest absolute Gasteiger partial charge is 0.304 e.